The van der Waals surface area contributed by atoms with Crippen molar-refractivity contribution in [2.75, 3.05) is 13.1 Å². The van der Waals surface area contributed by atoms with Gasteiger partial charge in [-0.2, -0.15) is 0 Å². The summed E-state index contributed by atoms with van der Waals surface area (Å²) < 4.78 is 0. The summed E-state index contributed by atoms with van der Waals surface area (Å²) in [7, 11) is 0. The van der Waals surface area contributed by atoms with E-state index in [0.717, 1.165) is 18.4 Å². The number of fused-ring (bicyclic) bond motifs is 1. The fourth-order valence-electron chi connectivity index (χ4n) is 2.44. The standard InChI is InChI=1S/C18H24N2O/c1-13-5-6-17-12-15(7-8-16(17)11-13)14(2)18(21)20-10-4-3-9-19/h5-8,11-12,14H,3-4,9-10,19H2,1-2H3,(H,20,21)/t14-/m0/s1. The molecule has 0 radical (unpaired) electrons. The Bertz CT molecular complexity index is 622. The maximum atomic E-state index is 12.2. The van der Waals surface area contributed by atoms with Crippen molar-refractivity contribution in [1.82, 2.24) is 5.32 Å². The molecule has 2 aromatic rings. The normalized spacial score (nSPS) is 12.3. The third kappa shape index (κ3) is 4.05. The van der Waals surface area contributed by atoms with Crippen molar-refractivity contribution in [3.05, 3.63) is 47.5 Å². The number of carbonyl (C=O) groups is 1. The summed E-state index contributed by atoms with van der Waals surface area (Å²) in [5.41, 5.74) is 7.76. The molecule has 0 saturated carbocycles. The molecule has 0 fully saturated rings. The van der Waals surface area contributed by atoms with Crippen molar-refractivity contribution in [1.29, 1.82) is 0 Å². The van der Waals surface area contributed by atoms with E-state index >= 15 is 0 Å². The van der Waals surface area contributed by atoms with E-state index in [1.54, 1.807) is 0 Å². The molecule has 2 rings (SSSR count). The molecule has 0 aliphatic heterocycles. The number of hydrogen-bond donors (Lipinski definition) is 2. The molecule has 3 N–H and O–H groups in total. The van der Waals surface area contributed by atoms with Gasteiger partial charge in [0.2, 0.25) is 5.91 Å². The van der Waals surface area contributed by atoms with E-state index in [2.05, 4.69) is 42.6 Å². The van der Waals surface area contributed by atoms with Crippen molar-refractivity contribution in [2.24, 2.45) is 5.73 Å². The van der Waals surface area contributed by atoms with Gasteiger partial charge in [-0.3, -0.25) is 4.79 Å². The van der Waals surface area contributed by atoms with E-state index < -0.39 is 0 Å². The van der Waals surface area contributed by atoms with Crippen LogP contribution in [0.4, 0.5) is 0 Å². The van der Waals surface area contributed by atoms with Gasteiger partial charge in [0.25, 0.3) is 0 Å². The van der Waals surface area contributed by atoms with Crippen LogP contribution in [-0.4, -0.2) is 19.0 Å². The molecule has 0 aliphatic carbocycles. The zero-order valence-electron chi connectivity index (χ0n) is 12.9. The fourth-order valence-corrected chi connectivity index (χ4v) is 2.44. The third-order valence-corrected chi connectivity index (χ3v) is 3.84. The number of unbranched alkanes of at least 4 members (excludes halogenated alkanes) is 1. The van der Waals surface area contributed by atoms with Crippen LogP contribution in [0.2, 0.25) is 0 Å². The summed E-state index contributed by atoms with van der Waals surface area (Å²) in [4.78, 5) is 12.2. The molecule has 21 heavy (non-hydrogen) atoms. The number of aryl methyl sites for hydroxylation is 1. The first-order chi connectivity index (χ1) is 10.1. The maximum absolute atomic E-state index is 12.2. The van der Waals surface area contributed by atoms with Crippen LogP contribution in [0.3, 0.4) is 0 Å². The van der Waals surface area contributed by atoms with Gasteiger partial charge in [-0.05, 0) is 49.6 Å². The summed E-state index contributed by atoms with van der Waals surface area (Å²) in [6.45, 7) is 5.42. The van der Waals surface area contributed by atoms with Gasteiger partial charge in [0.05, 0.1) is 5.92 Å². The predicted molar refractivity (Wildman–Crippen MR) is 88.4 cm³/mol. The Morgan fingerprint density at radius 3 is 2.62 bits per heavy atom. The first kappa shape index (κ1) is 15.5. The summed E-state index contributed by atoms with van der Waals surface area (Å²) in [6.07, 6.45) is 1.88. The smallest absolute Gasteiger partial charge is 0.227 e. The van der Waals surface area contributed by atoms with Crippen LogP contribution in [0, 0.1) is 6.92 Å². The Kier molecular flexibility index (Phi) is 5.34. The lowest BCUT2D eigenvalue weighted by molar-refractivity contribution is -0.122. The first-order valence-electron chi connectivity index (χ1n) is 7.60. The van der Waals surface area contributed by atoms with Gasteiger partial charge in [-0.15, -0.1) is 0 Å². The van der Waals surface area contributed by atoms with Gasteiger partial charge in [-0.25, -0.2) is 0 Å². The number of rotatable bonds is 6. The van der Waals surface area contributed by atoms with Crippen LogP contribution in [0.1, 0.15) is 36.8 Å². The Morgan fingerprint density at radius 1 is 1.14 bits per heavy atom. The van der Waals surface area contributed by atoms with Gasteiger partial charge in [-0.1, -0.05) is 42.0 Å². The van der Waals surface area contributed by atoms with E-state index in [1.807, 2.05) is 13.0 Å². The molecule has 0 bridgehead atoms. The van der Waals surface area contributed by atoms with E-state index in [1.165, 1.54) is 16.3 Å². The Labute approximate surface area is 126 Å². The molecule has 1 atom stereocenters. The summed E-state index contributed by atoms with van der Waals surface area (Å²) in [5, 5.41) is 5.38. The molecule has 3 nitrogen and oxygen atoms in total. The fraction of sp³-hybridized carbons (Fsp3) is 0.389. The van der Waals surface area contributed by atoms with Gasteiger partial charge in [0.1, 0.15) is 0 Å². The zero-order chi connectivity index (χ0) is 15.2. The Hall–Kier alpha value is -1.87. The quantitative estimate of drug-likeness (QED) is 0.801. The number of nitrogens with one attached hydrogen (secondary N) is 1. The van der Waals surface area contributed by atoms with Crippen molar-refractivity contribution in [3.63, 3.8) is 0 Å². The van der Waals surface area contributed by atoms with Crippen LogP contribution in [0.25, 0.3) is 10.8 Å². The molecule has 0 heterocycles. The molecule has 3 heteroatoms. The highest BCUT2D eigenvalue weighted by Gasteiger charge is 2.14. The number of carbonyl (C=O) groups excluding carboxylic acids is 1. The molecule has 2 aromatic carbocycles. The average Bonchev–Trinajstić information content (AvgIpc) is 2.50. The first-order valence-corrected chi connectivity index (χ1v) is 7.60. The second kappa shape index (κ2) is 7.23. The molecular formula is C18H24N2O. The monoisotopic (exact) mass is 284 g/mol. The van der Waals surface area contributed by atoms with Crippen LogP contribution in [0.15, 0.2) is 36.4 Å². The highest BCUT2D eigenvalue weighted by atomic mass is 16.1. The van der Waals surface area contributed by atoms with Gasteiger partial charge in [0.15, 0.2) is 0 Å². The minimum Gasteiger partial charge on any atom is -0.356 e. The lowest BCUT2D eigenvalue weighted by Gasteiger charge is -2.13. The number of amides is 1. The average molecular weight is 284 g/mol. The third-order valence-electron chi connectivity index (χ3n) is 3.84. The van der Waals surface area contributed by atoms with E-state index in [-0.39, 0.29) is 11.8 Å². The van der Waals surface area contributed by atoms with E-state index in [9.17, 15) is 4.79 Å². The molecule has 0 aromatic heterocycles. The Balaban J connectivity index is 2.06. The lowest BCUT2D eigenvalue weighted by atomic mass is 9.96. The van der Waals surface area contributed by atoms with Gasteiger partial charge >= 0.3 is 0 Å². The van der Waals surface area contributed by atoms with E-state index in [0.29, 0.717) is 13.1 Å². The van der Waals surface area contributed by atoms with Crippen LogP contribution < -0.4 is 11.1 Å². The van der Waals surface area contributed by atoms with Crippen LogP contribution >= 0.6 is 0 Å². The topological polar surface area (TPSA) is 55.1 Å². The zero-order valence-corrected chi connectivity index (χ0v) is 12.9. The van der Waals surface area contributed by atoms with Crippen molar-refractivity contribution >= 4 is 16.7 Å². The largest absolute Gasteiger partial charge is 0.356 e. The Morgan fingerprint density at radius 2 is 1.86 bits per heavy atom. The SMILES string of the molecule is Cc1ccc2cc([C@H](C)C(=O)NCCCCN)ccc2c1. The molecular weight excluding hydrogens is 260 g/mol. The van der Waals surface area contributed by atoms with Crippen molar-refractivity contribution < 1.29 is 4.79 Å². The highest BCUT2D eigenvalue weighted by Crippen LogP contribution is 2.22. The molecule has 112 valence electrons. The van der Waals surface area contributed by atoms with E-state index in [4.69, 9.17) is 5.73 Å². The van der Waals surface area contributed by atoms with Gasteiger partial charge in [0, 0.05) is 6.54 Å². The minimum absolute atomic E-state index is 0.0819. The number of nitrogens with two attached hydrogens (primary N) is 1. The predicted octanol–water partition coefficient (Wildman–Crippen LogP) is 3.11. The molecule has 0 saturated heterocycles. The molecule has 0 aliphatic rings. The highest BCUT2D eigenvalue weighted by molar-refractivity contribution is 5.87. The summed E-state index contributed by atoms with van der Waals surface area (Å²) in [5.74, 6) is -0.0490. The summed E-state index contributed by atoms with van der Waals surface area (Å²) in [6, 6.07) is 12.6. The molecule has 0 spiro atoms. The number of benzene rings is 2. The second-order valence-corrected chi connectivity index (χ2v) is 5.62. The van der Waals surface area contributed by atoms with Crippen LogP contribution in [0.5, 0.6) is 0 Å². The van der Waals surface area contributed by atoms with Crippen molar-refractivity contribution in [2.45, 2.75) is 32.6 Å². The molecule has 0 unspecified atom stereocenters. The van der Waals surface area contributed by atoms with Crippen molar-refractivity contribution in [3.8, 4) is 0 Å². The van der Waals surface area contributed by atoms with Gasteiger partial charge < -0.3 is 11.1 Å². The lowest BCUT2D eigenvalue weighted by Crippen LogP contribution is -2.29. The molecule has 1 amide bonds. The maximum Gasteiger partial charge on any atom is 0.227 e. The van der Waals surface area contributed by atoms with Crippen LogP contribution in [-0.2, 0) is 4.79 Å². The summed E-state index contributed by atoms with van der Waals surface area (Å²) >= 11 is 0. The number of hydrogen-bond acceptors (Lipinski definition) is 2. The second-order valence-electron chi connectivity index (χ2n) is 5.62. The minimum atomic E-state index is -0.131.